The van der Waals surface area contributed by atoms with E-state index < -0.39 is 41.8 Å². The third-order valence-electron chi connectivity index (χ3n) is 5.29. The number of hydrogen-bond donors (Lipinski definition) is 6. The predicted molar refractivity (Wildman–Crippen MR) is 123 cm³/mol. The number of phenols is 1. The van der Waals surface area contributed by atoms with Gasteiger partial charge < -0.3 is 31.9 Å². The minimum atomic E-state index is -1.17. The van der Waals surface area contributed by atoms with Gasteiger partial charge >= 0.3 is 5.97 Å². The summed E-state index contributed by atoms with van der Waals surface area (Å²) in [6.45, 7) is 7.00. The summed E-state index contributed by atoms with van der Waals surface area (Å²) in [7, 11) is 0. The van der Waals surface area contributed by atoms with E-state index in [0.29, 0.717) is 18.4 Å². The van der Waals surface area contributed by atoms with Crippen LogP contribution < -0.4 is 21.7 Å². The number of amides is 3. The lowest BCUT2D eigenvalue weighted by Gasteiger charge is -2.24. The highest BCUT2D eigenvalue weighted by molar-refractivity contribution is 5.92. The molecule has 33 heavy (non-hydrogen) atoms. The van der Waals surface area contributed by atoms with E-state index in [-0.39, 0.29) is 30.6 Å². The average Bonchev–Trinajstić information content (AvgIpc) is 2.75. The van der Waals surface area contributed by atoms with E-state index in [0.717, 1.165) is 0 Å². The number of carbonyl (C=O) groups is 4. The Kier molecular flexibility index (Phi) is 11.3. The maximum absolute atomic E-state index is 12.9. The van der Waals surface area contributed by atoms with Crippen LogP contribution in [0.5, 0.6) is 5.75 Å². The minimum Gasteiger partial charge on any atom is -0.508 e. The SMILES string of the molecule is CCC(C)C(NC(=O)C(Cc1ccc(O)cc1)NC(=O)CNC(=O)C(N)CC(C)C)C(=O)O. The number of rotatable bonds is 13. The topological polar surface area (TPSA) is 171 Å². The number of hydrogen-bond acceptors (Lipinski definition) is 6. The summed E-state index contributed by atoms with van der Waals surface area (Å²) in [5, 5.41) is 26.5. The highest BCUT2D eigenvalue weighted by Gasteiger charge is 2.30. The van der Waals surface area contributed by atoms with E-state index in [4.69, 9.17) is 5.73 Å². The van der Waals surface area contributed by atoms with Gasteiger partial charge in [-0.3, -0.25) is 14.4 Å². The number of phenolic OH excluding ortho intramolecular Hbond substituents is 1. The van der Waals surface area contributed by atoms with Crippen molar-refractivity contribution in [3.05, 3.63) is 29.8 Å². The fourth-order valence-corrected chi connectivity index (χ4v) is 3.17. The molecule has 1 aromatic carbocycles. The molecule has 0 radical (unpaired) electrons. The second kappa shape index (κ2) is 13.4. The normalized spacial score (nSPS) is 14.6. The Bertz CT molecular complexity index is 812. The summed E-state index contributed by atoms with van der Waals surface area (Å²) in [5.74, 6) is -2.97. The molecule has 10 nitrogen and oxygen atoms in total. The van der Waals surface area contributed by atoms with Crippen LogP contribution in [-0.2, 0) is 25.6 Å². The van der Waals surface area contributed by atoms with Crippen LogP contribution in [0.1, 0.15) is 46.1 Å². The second-order valence-corrected chi connectivity index (χ2v) is 8.65. The molecule has 0 saturated heterocycles. The lowest BCUT2D eigenvalue weighted by molar-refractivity contribution is -0.143. The Morgan fingerprint density at radius 1 is 1.00 bits per heavy atom. The Morgan fingerprint density at radius 2 is 1.61 bits per heavy atom. The van der Waals surface area contributed by atoms with Gasteiger partial charge in [-0.2, -0.15) is 0 Å². The molecule has 0 aliphatic rings. The number of carboxylic acids is 1. The van der Waals surface area contributed by atoms with Crippen LogP contribution in [0.25, 0.3) is 0 Å². The van der Waals surface area contributed by atoms with E-state index in [1.807, 2.05) is 20.8 Å². The van der Waals surface area contributed by atoms with E-state index >= 15 is 0 Å². The van der Waals surface area contributed by atoms with Crippen LogP contribution in [0.4, 0.5) is 0 Å². The van der Waals surface area contributed by atoms with Gasteiger partial charge in [-0.1, -0.05) is 46.2 Å². The monoisotopic (exact) mass is 464 g/mol. The quantitative estimate of drug-likeness (QED) is 0.247. The van der Waals surface area contributed by atoms with E-state index in [2.05, 4.69) is 16.0 Å². The van der Waals surface area contributed by atoms with E-state index in [1.54, 1.807) is 19.1 Å². The predicted octanol–water partition coefficient (Wildman–Crippen LogP) is 0.525. The van der Waals surface area contributed by atoms with Crippen LogP contribution in [0.15, 0.2) is 24.3 Å². The molecule has 1 aromatic rings. The van der Waals surface area contributed by atoms with Gasteiger partial charge in [0, 0.05) is 6.42 Å². The Labute approximate surface area is 194 Å². The van der Waals surface area contributed by atoms with Crippen LogP contribution in [0.2, 0.25) is 0 Å². The minimum absolute atomic E-state index is 0.0481. The Hall–Kier alpha value is -3.14. The van der Waals surface area contributed by atoms with Crippen LogP contribution in [0, 0.1) is 11.8 Å². The number of nitrogens with two attached hydrogens (primary N) is 1. The Balaban J connectivity index is 2.90. The van der Waals surface area contributed by atoms with Crippen molar-refractivity contribution in [3.8, 4) is 5.75 Å². The van der Waals surface area contributed by atoms with Crippen molar-refractivity contribution in [2.24, 2.45) is 17.6 Å². The van der Waals surface area contributed by atoms with Crippen LogP contribution in [-0.4, -0.2) is 58.6 Å². The summed E-state index contributed by atoms with van der Waals surface area (Å²) >= 11 is 0. The molecule has 10 heteroatoms. The molecule has 0 aromatic heterocycles. The summed E-state index contributed by atoms with van der Waals surface area (Å²) in [5.41, 5.74) is 6.45. The van der Waals surface area contributed by atoms with Crippen LogP contribution in [0.3, 0.4) is 0 Å². The van der Waals surface area contributed by atoms with Crippen LogP contribution >= 0.6 is 0 Å². The van der Waals surface area contributed by atoms with Gasteiger partial charge in [-0.15, -0.1) is 0 Å². The highest BCUT2D eigenvalue weighted by Crippen LogP contribution is 2.13. The van der Waals surface area contributed by atoms with Gasteiger partial charge in [0.15, 0.2) is 0 Å². The molecule has 0 aliphatic heterocycles. The molecule has 0 fully saturated rings. The maximum Gasteiger partial charge on any atom is 0.326 e. The standard InChI is InChI=1S/C23H36N4O6/c1-5-14(4)20(23(32)33)27-22(31)18(11-15-6-8-16(28)9-7-15)26-19(29)12-25-21(30)17(24)10-13(2)3/h6-9,13-14,17-18,20,28H,5,10-12,24H2,1-4H3,(H,25,30)(H,26,29)(H,27,31)(H,32,33). The van der Waals surface area contributed by atoms with E-state index in [1.165, 1.54) is 12.1 Å². The second-order valence-electron chi connectivity index (χ2n) is 8.65. The molecule has 0 saturated carbocycles. The molecule has 0 aliphatic carbocycles. The van der Waals surface area contributed by atoms with Gasteiger partial charge in [0.05, 0.1) is 12.6 Å². The van der Waals surface area contributed by atoms with Crippen molar-refractivity contribution in [2.45, 2.75) is 65.1 Å². The molecule has 4 unspecified atom stereocenters. The maximum atomic E-state index is 12.9. The molecule has 0 bridgehead atoms. The summed E-state index contributed by atoms with van der Waals surface area (Å²) in [4.78, 5) is 49.0. The van der Waals surface area contributed by atoms with Gasteiger partial charge in [0.25, 0.3) is 0 Å². The first kappa shape index (κ1) is 27.9. The average molecular weight is 465 g/mol. The number of carboxylic acid groups (broad SMARTS) is 1. The summed E-state index contributed by atoms with van der Waals surface area (Å²) in [6.07, 6.45) is 1.06. The molecule has 0 heterocycles. The fourth-order valence-electron chi connectivity index (χ4n) is 3.17. The zero-order chi connectivity index (χ0) is 25.1. The van der Waals surface area contributed by atoms with Crippen molar-refractivity contribution in [2.75, 3.05) is 6.54 Å². The molecule has 0 spiro atoms. The summed E-state index contributed by atoms with van der Waals surface area (Å²) in [6, 6.07) is 3.13. The smallest absolute Gasteiger partial charge is 0.326 e. The molecule has 184 valence electrons. The van der Waals surface area contributed by atoms with Crippen molar-refractivity contribution in [1.29, 1.82) is 0 Å². The van der Waals surface area contributed by atoms with Gasteiger partial charge in [-0.25, -0.2) is 4.79 Å². The lowest BCUT2D eigenvalue weighted by Crippen LogP contribution is -2.55. The number of benzene rings is 1. The lowest BCUT2D eigenvalue weighted by atomic mass is 9.98. The number of aliphatic carboxylic acids is 1. The first-order valence-electron chi connectivity index (χ1n) is 11.1. The van der Waals surface area contributed by atoms with Crippen molar-refractivity contribution in [1.82, 2.24) is 16.0 Å². The summed E-state index contributed by atoms with van der Waals surface area (Å²) < 4.78 is 0. The zero-order valence-corrected chi connectivity index (χ0v) is 19.6. The number of carbonyl (C=O) groups excluding carboxylic acids is 3. The van der Waals surface area contributed by atoms with Crippen molar-refractivity contribution < 1.29 is 29.4 Å². The van der Waals surface area contributed by atoms with E-state index in [9.17, 15) is 29.4 Å². The molecular weight excluding hydrogens is 428 g/mol. The molecule has 7 N–H and O–H groups in total. The molecular formula is C23H36N4O6. The fraction of sp³-hybridized carbons (Fsp3) is 0.565. The molecule has 1 rings (SSSR count). The van der Waals surface area contributed by atoms with Gasteiger partial charge in [0.1, 0.15) is 17.8 Å². The Morgan fingerprint density at radius 3 is 2.12 bits per heavy atom. The third-order valence-corrected chi connectivity index (χ3v) is 5.29. The van der Waals surface area contributed by atoms with Gasteiger partial charge in [-0.05, 0) is 36.0 Å². The first-order chi connectivity index (χ1) is 15.4. The zero-order valence-electron chi connectivity index (χ0n) is 19.6. The number of nitrogens with one attached hydrogen (secondary N) is 3. The highest BCUT2D eigenvalue weighted by atomic mass is 16.4. The molecule has 4 atom stereocenters. The molecule has 3 amide bonds. The van der Waals surface area contributed by atoms with Crippen molar-refractivity contribution in [3.63, 3.8) is 0 Å². The largest absolute Gasteiger partial charge is 0.508 e. The van der Waals surface area contributed by atoms with Gasteiger partial charge in [0.2, 0.25) is 17.7 Å². The third kappa shape index (κ3) is 9.90. The van der Waals surface area contributed by atoms with Crippen molar-refractivity contribution >= 4 is 23.7 Å². The first-order valence-corrected chi connectivity index (χ1v) is 11.1. The number of aromatic hydroxyl groups is 1.